The van der Waals surface area contributed by atoms with Gasteiger partial charge in [0.2, 0.25) is 0 Å². The zero-order chi connectivity index (χ0) is 15.9. The third-order valence-electron chi connectivity index (χ3n) is 5.47. The minimum absolute atomic E-state index is 0.447. The SMILES string of the molecule is C1=C2CCC(=N2)C=c2ccc([nH]2)=CC2CCC(C=C3CCC1N3)N2. The second kappa shape index (κ2) is 5.78. The molecule has 2 fully saturated rings. The highest BCUT2D eigenvalue weighted by Gasteiger charge is 2.24. The van der Waals surface area contributed by atoms with E-state index in [1.54, 1.807) is 0 Å². The molecule has 4 nitrogen and oxygen atoms in total. The second-order valence-corrected chi connectivity index (χ2v) is 7.38. The molecule has 3 N–H and O–H groups in total. The van der Waals surface area contributed by atoms with Crippen molar-refractivity contribution in [3.05, 3.63) is 46.4 Å². The van der Waals surface area contributed by atoms with E-state index in [0.29, 0.717) is 18.1 Å². The minimum Gasteiger partial charge on any atom is -0.382 e. The van der Waals surface area contributed by atoms with Crippen molar-refractivity contribution in [2.45, 2.75) is 56.7 Å². The van der Waals surface area contributed by atoms with Crippen LogP contribution in [0.15, 0.2) is 40.7 Å². The molecule has 1 aromatic rings. The zero-order valence-corrected chi connectivity index (χ0v) is 13.9. The molecule has 124 valence electrons. The molecule has 0 aromatic carbocycles. The van der Waals surface area contributed by atoms with E-state index in [1.807, 2.05) is 0 Å². The van der Waals surface area contributed by atoms with Crippen LogP contribution in [0.4, 0.5) is 0 Å². The van der Waals surface area contributed by atoms with Crippen LogP contribution >= 0.6 is 0 Å². The maximum Gasteiger partial charge on any atom is 0.0465 e. The Morgan fingerprint density at radius 3 is 2.67 bits per heavy atom. The molecule has 1 aromatic heterocycles. The number of nitrogens with zero attached hydrogens (tertiary/aromatic N) is 1. The highest BCUT2D eigenvalue weighted by atomic mass is 15.0. The molecule has 24 heavy (non-hydrogen) atoms. The molecule has 0 amide bonds. The molecule has 0 spiro atoms. The maximum atomic E-state index is 4.83. The zero-order valence-electron chi connectivity index (χ0n) is 13.9. The number of H-pyrrole nitrogens is 1. The lowest BCUT2D eigenvalue weighted by Gasteiger charge is -2.11. The molecule has 0 saturated carbocycles. The first-order valence-electron chi connectivity index (χ1n) is 9.20. The summed E-state index contributed by atoms with van der Waals surface area (Å²) >= 11 is 0. The van der Waals surface area contributed by atoms with Gasteiger partial charge in [0, 0.05) is 45.9 Å². The van der Waals surface area contributed by atoms with Crippen LogP contribution in [0.5, 0.6) is 0 Å². The standard InChI is InChI=1S/C20H24N4/c1-2-14-10-16-5-6-18(23-16)12-20-8-7-19(24-20)11-17-4-3-15(22-17)9-13(1)21-14/h1-2,9-12,15,17,20-22,24H,3-8H2. The summed E-state index contributed by atoms with van der Waals surface area (Å²) in [4.78, 5) is 8.34. The average molecular weight is 320 g/mol. The molecule has 0 aliphatic carbocycles. The fraction of sp³-hybridized carbons (Fsp3) is 0.450. The first kappa shape index (κ1) is 14.3. The fourth-order valence-electron chi connectivity index (χ4n) is 4.27. The Kier molecular flexibility index (Phi) is 3.44. The van der Waals surface area contributed by atoms with Crippen LogP contribution in [0.3, 0.4) is 0 Å². The van der Waals surface area contributed by atoms with Crippen LogP contribution in [0.25, 0.3) is 12.2 Å². The second-order valence-electron chi connectivity index (χ2n) is 7.38. The van der Waals surface area contributed by atoms with Crippen LogP contribution in [-0.4, -0.2) is 28.8 Å². The molecule has 3 atom stereocenters. The van der Waals surface area contributed by atoms with Gasteiger partial charge in [0.15, 0.2) is 0 Å². The van der Waals surface area contributed by atoms with Crippen molar-refractivity contribution in [1.82, 2.24) is 15.6 Å². The van der Waals surface area contributed by atoms with Gasteiger partial charge in [0.1, 0.15) is 0 Å². The van der Waals surface area contributed by atoms with Gasteiger partial charge in [-0.2, -0.15) is 0 Å². The molecule has 3 unspecified atom stereocenters. The Labute approximate surface area is 142 Å². The topological polar surface area (TPSA) is 52.2 Å². The summed E-state index contributed by atoms with van der Waals surface area (Å²) < 4.78 is 0. The predicted octanol–water partition coefficient (Wildman–Crippen LogP) is 1.46. The highest BCUT2D eigenvalue weighted by Crippen LogP contribution is 2.24. The Bertz CT molecular complexity index is 854. The Hall–Kier alpha value is -2.07. The molecule has 0 radical (unpaired) electrons. The Morgan fingerprint density at radius 1 is 0.833 bits per heavy atom. The monoisotopic (exact) mass is 320 g/mol. The van der Waals surface area contributed by atoms with Gasteiger partial charge in [-0.1, -0.05) is 0 Å². The molecular weight excluding hydrogens is 296 g/mol. The van der Waals surface area contributed by atoms with Crippen LogP contribution in [-0.2, 0) is 0 Å². The van der Waals surface area contributed by atoms with E-state index in [0.717, 1.165) is 24.6 Å². The maximum absolute atomic E-state index is 4.83. The third kappa shape index (κ3) is 2.86. The summed E-state index contributed by atoms with van der Waals surface area (Å²) in [6.45, 7) is 0. The molecule has 4 aliphatic heterocycles. The van der Waals surface area contributed by atoms with Crippen LogP contribution < -0.4 is 21.3 Å². The van der Waals surface area contributed by atoms with E-state index in [-0.39, 0.29) is 0 Å². The normalized spacial score (nSPS) is 31.5. The summed E-state index contributed by atoms with van der Waals surface area (Å²) in [6.07, 6.45) is 16.1. The number of rotatable bonds is 0. The number of fused-ring (bicyclic) bond motifs is 7. The smallest absolute Gasteiger partial charge is 0.0465 e. The highest BCUT2D eigenvalue weighted by molar-refractivity contribution is 6.11. The number of aromatic nitrogens is 1. The van der Waals surface area contributed by atoms with Gasteiger partial charge in [0.25, 0.3) is 0 Å². The predicted molar refractivity (Wildman–Crippen MR) is 97.9 cm³/mol. The number of nitrogens with one attached hydrogen (secondary N) is 3. The van der Waals surface area contributed by atoms with Gasteiger partial charge in [-0.15, -0.1) is 0 Å². The number of aromatic amines is 1. The largest absolute Gasteiger partial charge is 0.382 e. The number of hydrogen-bond donors (Lipinski definition) is 3. The van der Waals surface area contributed by atoms with Crippen molar-refractivity contribution in [3.63, 3.8) is 0 Å². The molecule has 8 bridgehead atoms. The van der Waals surface area contributed by atoms with Gasteiger partial charge in [-0.25, -0.2) is 0 Å². The van der Waals surface area contributed by atoms with E-state index in [9.17, 15) is 0 Å². The van der Waals surface area contributed by atoms with Gasteiger partial charge in [0.05, 0.1) is 0 Å². The van der Waals surface area contributed by atoms with Crippen molar-refractivity contribution >= 4 is 17.9 Å². The lowest BCUT2D eigenvalue weighted by molar-refractivity contribution is 0.676. The van der Waals surface area contributed by atoms with Crippen molar-refractivity contribution in [1.29, 1.82) is 0 Å². The number of hydrogen-bond acceptors (Lipinski definition) is 3. The van der Waals surface area contributed by atoms with Crippen molar-refractivity contribution in [2.24, 2.45) is 4.99 Å². The minimum atomic E-state index is 0.447. The average Bonchev–Trinajstić information content (AvgIpc) is 3.32. The third-order valence-corrected chi connectivity index (χ3v) is 5.47. The number of allylic oxidation sites excluding steroid dienone is 2. The van der Waals surface area contributed by atoms with E-state index in [2.05, 4.69) is 52.1 Å². The molecule has 5 heterocycles. The van der Waals surface area contributed by atoms with E-state index < -0.39 is 0 Å². The van der Waals surface area contributed by atoms with E-state index >= 15 is 0 Å². The lowest BCUT2D eigenvalue weighted by Crippen LogP contribution is -2.29. The van der Waals surface area contributed by atoms with E-state index in [4.69, 9.17) is 4.99 Å². The molecule has 4 aliphatic rings. The van der Waals surface area contributed by atoms with Crippen molar-refractivity contribution in [3.8, 4) is 0 Å². The lowest BCUT2D eigenvalue weighted by atomic mass is 10.1. The van der Waals surface area contributed by atoms with Crippen LogP contribution in [0.2, 0.25) is 0 Å². The molecule has 5 rings (SSSR count). The molecule has 4 heteroatoms. The van der Waals surface area contributed by atoms with Gasteiger partial charge >= 0.3 is 0 Å². The molecule has 2 saturated heterocycles. The van der Waals surface area contributed by atoms with Gasteiger partial charge in [-0.3, -0.25) is 4.99 Å². The summed E-state index contributed by atoms with van der Waals surface area (Å²) in [5.74, 6) is 0. The van der Waals surface area contributed by atoms with Crippen LogP contribution in [0.1, 0.15) is 38.5 Å². The Balaban J connectivity index is 1.56. The first-order chi connectivity index (χ1) is 11.8. The van der Waals surface area contributed by atoms with Gasteiger partial charge < -0.3 is 15.6 Å². The molecular formula is C20H24N4. The first-order valence-corrected chi connectivity index (χ1v) is 9.20. The van der Waals surface area contributed by atoms with Crippen molar-refractivity contribution in [2.75, 3.05) is 0 Å². The summed E-state index contributed by atoms with van der Waals surface area (Å²) in [5.41, 5.74) is 3.83. The van der Waals surface area contributed by atoms with Crippen LogP contribution in [0, 0.1) is 0 Å². The summed E-state index contributed by atoms with van der Waals surface area (Å²) in [5, 5.41) is 9.79. The Morgan fingerprint density at radius 2 is 1.71 bits per heavy atom. The number of aliphatic imine (C=N–C) groups is 1. The summed E-state index contributed by atoms with van der Waals surface area (Å²) in [7, 11) is 0. The van der Waals surface area contributed by atoms with Gasteiger partial charge in [-0.05, 0) is 75.0 Å². The van der Waals surface area contributed by atoms with Crippen molar-refractivity contribution < 1.29 is 0 Å². The quantitative estimate of drug-likeness (QED) is 0.678. The fourth-order valence-corrected chi connectivity index (χ4v) is 4.27. The van der Waals surface area contributed by atoms with E-state index in [1.165, 1.54) is 41.7 Å². The summed E-state index contributed by atoms with van der Waals surface area (Å²) in [6, 6.07) is 5.73.